The number of carbonyl (C=O) groups excluding carboxylic acids is 2. The molecule has 0 N–H and O–H groups in total. The fourth-order valence-electron chi connectivity index (χ4n) is 4.83. The lowest BCUT2D eigenvalue weighted by atomic mass is 9.83. The van der Waals surface area contributed by atoms with Crippen LogP contribution < -0.4 is 0 Å². The third-order valence-corrected chi connectivity index (χ3v) is 7.42. The van der Waals surface area contributed by atoms with Gasteiger partial charge in [0.1, 0.15) is 17.2 Å². The lowest BCUT2D eigenvalue weighted by Gasteiger charge is -2.47. The topological polar surface area (TPSA) is 101 Å². The first-order valence-electron chi connectivity index (χ1n) is 11.6. The molecule has 1 saturated heterocycles. The zero-order valence-corrected chi connectivity index (χ0v) is 22.9. The molecule has 0 spiro atoms. The molecule has 10 heteroatoms. The van der Waals surface area contributed by atoms with Gasteiger partial charge in [-0.1, -0.05) is 6.92 Å². The van der Waals surface area contributed by atoms with Crippen molar-refractivity contribution in [2.75, 3.05) is 21.2 Å². The predicted octanol–water partition coefficient (Wildman–Crippen LogP) is 3.70. The molecule has 0 bridgehead atoms. The number of nitrogens with zero attached hydrogens (tertiary/aromatic N) is 1. The minimum Gasteiger partial charge on any atom is -0.456 e. The Kier molecular flexibility index (Phi) is 9.44. The molecule has 0 aromatic carbocycles. The van der Waals surface area contributed by atoms with Gasteiger partial charge in [-0.05, 0) is 48.2 Å². The number of carbonyl (C=O) groups is 2. The summed E-state index contributed by atoms with van der Waals surface area (Å²) in [5, 5.41) is 0. The molecule has 0 radical (unpaired) electrons. The van der Waals surface area contributed by atoms with Gasteiger partial charge in [0.05, 0.1) is 23.4 Å². The van der Waals surface area contributed by atoms with Crippen LogP contribution in [0.4, 0.5) is 0 Å². The third-order valence-electron chi connectivity index (χ3n) is 6.58. The molecule has 2 rings (SSSR count). The molecule has 7 atom stereocenters. The molecule has 2 aliphatic heterocycles. The van der Waals surface area contributed by atoms with Crippen LogP contribution in [0.25, 0.3) is 0 Å². The summed E-state index contributed by atoms with van der Waals surface area (Å²) < 4.78 is 42.2. The summed E-state index contributed by atoms with van der Waals surface area (Å²) in [5.74, 6) is -1.82. The average molecular weight is 502 g/mol. The number of hydrogen-bond acceptors (Lipinski definition) is 9. The molecular weight excluding hydrogens is 461 g/mol. The van der Waals surface area contributed by atoms with Crippen LogP contribution in [0.2, 0.25) is 0 Å². The van der Waals surface area contributed by atoms with Crippen molar-refractivity contribution in [2.24, 2.45) is 5.92 Å². The summed E-state index contributed by atoms with van der Waals surface area (Å²) in [6, 6.07) is -0.0359. The summed E-state index contributed by atoms with van der Waals surface area (Å²) in [5.41, 5.74) is -1.21. The molecule has 0 aromatic rings. The maximum Gasteiger partial charge on any atom is 0.340 e. The number of methoxy groups -OCH3 is 1. The Morgan fingerprint density at radius 1 is 1.32 bits per heavy atom. The molecule has 0 aliphatic carbocycles. The second kappa shape index (κ2) is 11.1. The van der Waals surface area contributed by atoms with E-state index in [0.29, 0.717) is 17.8 Å². The van der Waals surface area contributed by atoms with Gasteiger partial charge in [0, 0.05) is 39.3 Å². The van der Waals surface area contributed by atoms with Gasteiger partial charge in [0.25, 0.3) is 0 Å². The van der Waals surface area contributed by atoms with Gasteiger partial charge in [-0.2, -0.15) is 0 Å². The van der Waals surface area contributed by atoms with Crippen LogP contribution >= 0.6 is 8.46 Å². The zero-order valence-electron chi connectivity index (χ0n) is 22.0. The van der Waals surface area contributed by atoms with Gasteiger partial charge >= 0.3 is 5.97 Å². The van der Waals surface area contributed by atoms with E-state index in [1.807, 2.05) is 32.8 Å². The van der Waals surface area contributed by atoms with E-state index < -0.39 is 41.3 Å². The Hall–Kier alpha value is -1.38. The second-order valence-electron chi connectivity index (χ2n) is 10.3. The number of rotatable bonds is 10. The van der Waals surface area contributed by atoms with Gasteiger partial charge in [-0.15, -0.1) is 0 Å². The van der Waals surface area contributed by atoms with E-state index in [4.69, 9.17) is 23.7 Å². The molecule has 194 valence electrons. The lowest BCUT2D eigenvalue weighted by Crippen LogP contribution is -2.57. The number of Topliss-reactive ketones (excluding diaryl/α,β-unsaturated/α-hetero) is 1. The molecule has 9 nitrogen and oxygen atoms in total. The van der Waals surface area contributed by atoms with Crippen molar-refractivity contribution in [1.29, 1.82) is 0 Å². The molecule has 0 saturated carbocycles. The number of esters is 1. The highest BCUT2D eigenvalue weighted by Crippen LogP contribution is 2.41. The standard InChI is InChI=1S/C24H40NO8P/c1-13(26)12-24(7,29-10)20(15(3)18-16(4)21(27)33-23(5,6)32-18)31-22-19(34-28)17(25(8)9)11-14(2)30-22/h14-15,17,19-20,22H,11-12H2,1-10H3/t14?,15-,17?,19?,20+,22-,24+/m0/s1. The molecular formula is C24H40NO8P. The minimum absolute atomic E-state index is 0.0359. The Morgan fingerprint density at radius 3 is 2.44 bits per heavy atom. The maximum absolute atomic E-state index is 12.5. The van der Waals surface area contributed by atoms with Gasteiger partial charge in [0.15, 0.2) is 14.8 Å². The predicted molar refractivity (Wildman–Crippen MR) is 127 cm³/mol. The number of ether oxygens (including phenoxy) is 5. The van der Waals surface area contributed by atoms with Crippen molar-refractivity contribution < 1.29 is 37.8 Å². The van der Waals surface area contributed by atoms with Crippen molar-refractivity contribution in [3.05, 3.63) is 11.3 Å². The summed E-state index contributed by atoms with van der Waals surface area (Å²) in [6.07, 6.45) is -0.953. The SMILES string of the molecule is CO[C@](C)(CC(C)=O)[C@H](O[C@@H]1OC(C)CC(N(C)C)C1P=O)[C@@H](C)C1=C(C)C(=O)OC(C)(C)O1. The van der Waals surface area contributed by atoms with Crippen LogP contribution in [-0.2, 0) is 37.8 Å². The largest absolute Gasteiger partial charge is 0.456 e. The maximum atomic E-state index is 12.5. The second-order valence-corrected chi connectivity index (χ2v) is 11.1. The Morgan fingerprint density at radius 2 is 1.94 bits per heavy atom. The van der Waals surface area contributed by atoms with Gasteiger partial charge in [-0.3, -0.25) is 9.36 Å². The smallest absolute Gasteiger partial charge is 0.340 e. The molecule has 2 heterocycles. The quantitative estimate of drug-likeness (QED) is 0.328. The first kappa shape index (κ1) is 28.9. The highest BCUT2D eigenvalue weighted by molar-refractivity contribution is 7.24. The molecule has 0 aromatic heterocycles. The Bertz CT molecular complexity index is 813. The number of cyclic esters (lactones) is 1. The normalized spacial score (nSPS) is 31.0. The van der Waals surface area contributed by atoms with Crippen molar-refractivity contribution in [3.63, 3.8) is 0 Å². The van der Waals surface area contributed by atoms with Crippen LogP contribution in [0.15, 0.2) is 11.3 Å². The molecule has 34 heavy (non-hydrogen) atoms. The Balaban J connectivity index is 2.54. The fourth-order valence-corrected chi connectivity index (χ4v) is 5.60. The summed E-state index contributed by atoms with van der Waals surface area (Å²) in [4.78, 5) is 26.8. The van der Waals surface area contributed by atoms with Crippen molar-refractivity contribution in [1.82, 2.24) is 4.90 Å². The highest BCUT2D eigenvalue weighted by Gasteiger charge is 2.49. The van der Waals surface area contributed by atoms with E-state index >= 15 is 0 Å². The van der Waals surface area contributed by atoms with Crippen LogP contribution in [0, 0.1) is 5.92 Å². The Labute approximate surface area is 204 Å². The van der Waals surface area contributed by atoms with Crippen LogP contribution in [-0.4, -0.2) is 79.4 Å². The summed E-state index contributed by atoms with van der Waals surface area (Å²) in [7, 11) is 5.28. The third kappa shape index (κ3) is 6.43. The van der Waals surface area contributed by atoms with Crippen LogP contribution in [0.1, 0.15) is 61.3 Å². The van der Waals surface area contributed by atoms with E-state index in [9.17, 15) is 14.2 Å². The summed E-state index contributed by atoms with van der Waals surface area (Å²) >= 11 is 0. The fraction of sp³-hybridized carbons (Fsp3) is 0.833. The molecule has 1 fully saturated rings. The van der Waals surface area contributed by atoms with E-state index in [2.05, 4.69) is 0 Å². The number of hydrogen-bond donors (Lipinski definition) is 0. The first-order valence-corrected chi connectivity index (χ1v) is 12.5. The van der Waals surface area contributed by atoms with Gasteiger partial charge in [-0.25, -0.2) is 4.79 Å². The van der Waals surface area contributed by atoms with E-state index in [1.54, 1.807) is 27.7 Å². The van der Waals surface area contributed by atoms with Gasteiger partial charge < -0.3 is 28.6 Å². The summed E-state index contributed by atoms with van der Waals surface area (Å²) in [6.45, 7) is 12.0. The molecule has 3 unspecified atom stereocenters. The minimum atomic E-state index is -1.16. The van der Waals surface area contributed by atoms with Crippen molar-refractivity contribution in [2.45, 2.75) is 103 Å². The first-order chi connectivity index (χ1) is 15.7. The average Bonchev–Trinajstić information content (AvgIpc) is 2.72. The van der Waals surface area contributed by atoms with Crippen LogP contribution in [0.5, 0.6) is 0 Å². The van der Waals surface area contributed by atoms with E-state index in [0.717, 1.165) is 0 Å². The number of ketones is 1. The molecule has 2 aliphatic rings. The van der Waals surface area contributed by atoms with E-state index in [1.165, 1.54) is 14.0 Å². The molecule has 0 amide bonds. The highest BCUT2D eigenvalue weighted by atomic mass is 31.1. The van der Waals surface area contributed by atoms with Crippen molar-refractivity contribution >= 4 is 20.2 Å². The zero-order chi connectivity index (χ0) is 26.0. The van der Waals surface area contributed by atoms with Crippen LogP contribution in [0.3, 0.4) is 0 Å². The van der Waals surface area contributed by atoms with Crippen molar-refractivity contribution in [3.8, 4) is 0 Å². The monoisotopic (exact) mass is 501 g/mol. The van der Waals surface area contributed by atoms with Gasteiger partial charge in [0.2, 0.25) is 5.79 Å². The lowest BCUT2D eigenvalue weighted by molar-refractivity contribution is -0.264. The van der Waals surface area contributed by atoms with E-state index in [-0.39, 0.29) is 32.8 Å².